The molecule has 138 valence electrons. The first-order valence-electron chi connectivity index (χ1n) is 7.82. The predicted octanol–water partition coefficient (Wildman–Crippen LogP) is 4.76. The molecule has 2 aromatic carbocycles. The minimum Gasteiger partial charge on any atom is -0.494 e. The Kier molecular flexibility index (Phi) is 7.08. The van der Waals surface area contributed by atoms with Crippen LogP contribution in [-0.2, 0) is 0 Å². The number of amides is 1. The second-order valence-electron chi connectivity index (χ2n) is 5.78. The van der Waals surface area contributed by atoms with Gasteiger partial charge in [0.1, 0.15) is 0 Å². The molecule has 0 unspecified atom stereocenters. The zero-order valence-corrected chi connectivity index (χ0v) is 16.9. The lowest BCUT2D eigenvalue weighted by atomic mass is 10.0. The summed E-state index contributed by atoms with van der Waals surface area (Å²) in [4.78, 5) is 12.2. The summed E-state index contributed by atoms with van der Waals surface area (Å²) in [6.45, 7) is 4.25. The van der Waals surface area contributed by atoms with Gasteiger partial charge in [0.2, 0.25) is 0 Å². The number of halogens is 2. The summed E-state index contributed by atoms with van der Waals surface area (Å²) < 4.78 is 5.06. The highest BCUT2D eigenvalue weighted by Gasteiger charge is 2.13. The summed E-state index contributed by atoms with van der Waals surface area (Å²) in [5, 5.41) is 3.73. The van der Waals surface area contributed by atoms with E-state index in [4.69, 9.17) is 40.2 Å². The molecule has 5 nitrogen and oxygen atoms in total. The van der Waals surface area contributed by atoms with Gasteiger partial charge >= 0.3 is 0 Å². The van der Waals surface area contributed by atoms with E-state index in [9.17, 15) is 4.79 Å². The maximum absolute atomic E-state index is 12.2. The second kappa shape index (κ2) is 9.07. The lowest BCUT2D eigenvalue weighted by Crippen LogP contribution is -2.43. The number of rotatable bonds is 4. The van der Waals surface area contributed by atoms with Crippen LogP contribution in [0.4, 0.5) is 5.69 Å². The van der Waals surface area contributed by atoms with Crippen molar-refractivity contribution in [1.82, 2.24) is 10.9 Å². The monoisotopic (exact) mass is 411 g/mol. The number of methoxy groups -OCH3 is 1. The average molecular weight is 412 g/mol. The van der Waals surface area contributed by atoms with Crippen molar-refractivity contribution in [2.75, 3.05) is 12.4 Å². The smallest absolute Gasteiger partial charge is 0.269 e. The molecule has 1 amide bonds. The SMILES string of the molecule is COc1c(Cl)cc(C(=O)NNC(=S)Nc2ccc(C(C)C)cc2)cc1Cl. The van der Waals surface area contributed by atoms with Crippen LogP contribution < -0.4 is 20.9 Å². The lowest BCUT2D eigenvalue weighted by Gasteiger charge is -2.13. The molecule has 3 N–H and O–H groups in total. The van der Waals surface area contributed by atoms with Crippen LogP contribution in [-0.4, -0.2) is 18.1 Å². The zero-order valence-electron chi connectivity index (χ0n) is 14.5. The minimum absolute atomic E-state index is 0.246. The molecule has 0 spiro atoms. The van der Waals surface area contributed by atoms with Gasteiger partial charge in [0, 0.05) is 11.3 Å². The van der Waals surface area contributed by atoms with E-state index in [2.05, 4.69) is 30.0 Å². The Labute approximate surface area is 168 Å². The van der Waals surface area contributed by atoms with E-state index in [1.165, 1.54) is 24.8 Å². The van der Waals surface area contributed by atoms with Gasteiger partial charge in [-0.25, -0.2) is 0 Å². The molecule has 0 aliphatic rings. The fourth-order valence-electron chi connectivity index (χ4n) is 2.19. The second-order valence-corrected chi connectivity index (χ2v) is 7.01. The zero-order chi connectivity index (χ0) is 19.3. The standard InChI is InChI=1S/C18H19Cl2N3O2S/c1-10(2)11-4-6-13(7-5-11)21-18(26)23-22-17(24)12-8-14(19)16(25-3)15(20)9-12/h4-10H,1-3H3,(H,22,24)(H2,21,23,26). The van der Waals surface area contributed by atoms with Gasteiger partial charge in [-0.05, 0) is 48.0 Å². The Bertz CT molecular complexity index is 788. The molecule has 2 aromatic rings. The molecule has 0 aromatic heterocycles. The topological polar surface area (TPSA) is 62.4 Å². The fourth-order valence-corrected chi connectivity index (χ4v) is 3.00. The highest BCUT2D eigenvalue weighted by atomic mass is 35.5. The van der Waals surface area contributed by atoms with E-state index in [1.54, 1.807) is 0 Å². The van der Waals surface area contributed by atoms with E-state index in [0.717, 1.165) is 5.69 Å². The van der Waals surface area contributed by atoms with Crippen molar-refractivity contribution < 1.29 is 9.53 Å². The molecule has 26 heavy (non-hydrogen) atoms. The number of anilines is 1. The van der Waals surface area contributed by atoms with Crippen LogP contribution >= 0.6 is 35.4 Å². The molecular formula is C18H19Cl2N3O2S. The molecule has 0 aliphatic heterocycles. The number of carbonyl (C=O) groups excluding carboxylic acids is 1. The van der Waals surface area contributed by atoms with Crippen molar-refractivity contribution in [1.29, 1.82) is 0 Å². The quantitative estimate of drug-likeness (QED) is 0.500. The van der Waals surface area contributed by atoms with Crippen LogP contribution in [0.1, 0.15) is 35.7 Å². The Morgan fingerprint density at radius 3 is 2.15 bits per heavy atom. The van der Waals surface area contributed by atoms with Crippen molar-refractivity contribution in [2.24, 2.45) is 0 Å². The summed E-state index contributed by atoms with van der Waals surface area (Å²) in [7, 11) is 1.45. The molecule has 0 aliphatic carbocycles. The van der Waals surface area contributed by atoms with Crippen LogP contribution in [0.2, 0.25) is 10.0 Å². The Morgan fingerprint density at radius 1 is 1.08 bits per heavy atom. The summed E-state index contributed by atoms with van der Waals surface area (Å²) in [5.41, 5.74) is 7.45. The third-order valence-electron chi connectivity index (χ3n) is 3.59. The van der Waals surface area contributed by atoms with Crippen LogP contribution in [0, 0.1) is 0 Å². The Hall–Kier alpha value is -2.02. The van der Waals surface area contributed by atoms with Crippen molar-refractivity contribution in [2.45, 2.75) is 19.8 Å². The largest absolute Gasteiger partial charge is 0.494 e. The number of carbonyl (C=O) groups is 1. The van der Waals surface area contributed by atoms with Gasteiger partial charge in [0.25, 0.3) is 5.91 Å². The molecule has 8 heteroatoms. The third-order valence-corrected chi connectivity index (χ3v) is 4.36. The molecule has 0 bridgehead atoms. The van der Waals surface area contributed by atoms with Gasteiger partial charge in [0.05, 0.1) is 17.2 Å². The number of ether oxygens (including phenoxy) is 1. The molecular weight excluding hydrogens is 393 g/mol. The lowest BCUT2D eigenvalue weighted by molar-refractivity contribution is 0.0944. The van der Waals surface area contributed by atoms with Gasteiger partial charge < -0.3 is 10.1 Å². The van der Waals surface area contributed by atoms with E-state index in [0.29, 0.717) is 11.7 Å². The normalized spacial score (nSPS) is 10.4. The van der Waals surface area contributed by atoms with Crippen LogP contribution in [0.15, 0.2) is 36.4 Å². The van der Waals surface area contributed by atoms with Gasteiger partial charge in [0.15, 0.2) is 10.9 Å². The number of hydrogen-bond donors (Lipinski definition) is 3. The summed E-state index contributed by atoms with van der Waals surface area (Å²) in [6.07, 6.45) is 0. The molecule has 0 saturated carbocycles. The first-order chi connectivity index (χ1) is 12.3. The number of hydrazine groups is 1. The fraction of sp³-hybridized carbons (Fsp3) is 0.222. The van der Waals surface area contributed by atoms with Gasteiger partial charge in [-0.2, -0.15) is 0 Å². The highest BCUT2D eigenvalue weighted by Crippen LogP contribution is 2.33. The maximum Gasteiger partial charge on any atom is 0.269 e. The summed E-state index contributed by atoms with van der Waals surface area (Å²) in [6, 6.07) is 10.8. The van der Waals surface area contributed by atoms with Crippen LogP contribution in [0.5, 0.6) is 5.75 Å². The Balaban J connectivity index is 1.93. The van der Waals surface area contributed by atoms with Gasteiger partial charge in [-0.1, -0.05) is 49.2 Å². The van der Waals surface area contributed by atoms with E-state index >= 15 is 0 Å². The molecule has 0 radical (unpaired) electrons. The summed E-state index contributed by atoms with van der Waals surface area (Å²) >= 11 is 17.2. The Morgan fingerprint density at radius 2 is 1.65 bits per heavy atom. The molecule has 0 fully saturated rings. The first-order valence-corrected chi connectivity index (χ1v) is 8.98. The predicted molar refractivity (Wildman–Crippen MR) is 110 cm³/mol. The van der Waals surface area contributed by atoms with Crippen LogP contribution in [0.3, 0.4) is 0 Å². The molecule has 0 atom stereocenters. The van der Waals surface area contributed by atoms with Gasteiger partial charge in [-0.15, -0.1) is 0 Å². The maximum atomic E-state index is 12.2. The minimum atomic E-state index is -0.434. The summed E-state index contributed by atoms with van der Waals surface area (Å²) in [5.74, 6) is 0.340. The van der Waals surface area contributed by atoms with E-state index < -0.39 is 5.91 Å². The number of thiocarbonyl (C=S) groups is 1. The third kappa shape index (κ3) is 5.24. The highest BCUT2D eigenvalue weighted by molar-refractivity contribution is 7.80. The van der Waals surface area contributed by atoms with Crippen LogP contribution in [0.25, 0.3) is 0 Å². The average Bonchev–Trinajstić information content (AvgIpc) is 2.59. The van der Waals surface area contributed by atoms with Crippen molar-refractivity contribution >= 4 is 52.1 Å². The van der Waals surface area contributed by atoms with E-state index in [1.807, 2.05) is 24.3 Å². The first kappa shape index (κ1) is 20.3. The van der Waals surface area contributed by atoms with Crippen molar-refractivity contribution in [3.63, 3.8) is 0 Å². The molecule has 2 rings (SSSR count). The molecule has 0 heterocycles. The number of hydrogen-bond acceptors (Lipinski definition) is 3. The van der Waals surface area contributed by atoms with Gasteiger partial charge in [-0.3, -0.25) is 15.6 Å². The van der Waals surface area contributed by atoms with E-state index in [-0.39, 0.29) is 20.7 Å². The van der Waals surface area contributed by atoms with Crippen molar-refractivity contribution in [3.05, 3.63) is 57.6 Å². The number of nitrogens with one attached hydrogen (secondary N) is 3. The molecule has 0 saturated heterocycles. The van der Waals surface area contributed by atoms with Crippen molar-refractivity contribution in [3.8, 4) is 5.75 Å². The number of benzene rings is 2.